The van der Waals surface area contributed by atoms with E-state index in [-0.39, 0.29) is 11.5 Å². The molecule has 1 aliphatic heterocycles. The Balaban J connectivity index is 1.85. The molecule has 0 aromatic heterocycles. The Labute approximate surface area is 131 Å². The van der Waals surface area contributed by atoms with Crippen LogP contribution in [0.15, 0.2) is 16.6 Å². The third-order valence-corrected chi connectivity index (χ3v) is 5.09. The molecule has 114 valence electrons. The fourth-order valence-corrected chi connectivity index (χ4v) is 4.00. The van der Waals surface area contributed by atoms with Gasteiger partial charge in [0.25, 0.3) is 0 Å². The Bertz CT molecular complexity index is 544. The van der Waals surface area contributed by atoms with Crippen LogP contribution in [-0.2, 0) is 4.74 Å². The third-order valence-electron chi connectivity index (χ3n) is 4.63. The van der Waals surface area contributed by atoms with Gasteiger partial charge in [0, 0.05) is 17.0 Å². The van der Waals surface area contributed by atoms with Crippen molar-refractivity contribution in [3.05, 3.63) is 33.8 Å². The number of hydrogen-bond acceptors (Lipinski definition) is 2. The summed E-state index contributed by atoms with van der Waals surface area (Å²) in [5, 5.41) is 0. The summed E-state index contributed by atoms with van der Waals surface area (Å²) < 4.78 is 34.1. The Kier molecular flexibility index (Phi) is 4.14. The van der Waals surface area contributed by atoms with Crippen molar-refractivity contribution in [3.8, 4) is 0 Å². The Morgan fingerprint density at radius 2 is 1.86 bits per heavy atom. The van der Waals surface area contributed by atoms with Crippen LogP contribution in [0.2, 0.25) is 0 Å². The highest BCUT2D eigenvalue weighted by Crippen LogP contribution is 2.43. The molecule has 5 heteroatoms. The summed E-state index contributed by atoms with van der Waals surface area (Å²) in [5.74, 6) is -2.35. The number of rotatable bonds is 2. The van der Waals surface area contributed by atoms with E-state index in [4.69, 9.17) is 4.74 Å². The van der Waals surface area contributed by atoms with E-state index in [0.717, 1.165) is 37.8 Å². The average molecular weight is 359 g/mol. The highest BCUT2D eigenvalue weighted by atomic mass is 79.9. The molecule has 2 fully saturated rings. The van der Waals surface area contributed by atoms with Gasteiger partial charge < -0.3 is 4.74 Å². The lowest BCUT2D eigenvalue weighted by Crippen LogP contribution is -2.40. The van der Waals surface area contributed by atoms with Gasteiger partial charge in [-0.3, -0.25) is 4.79 Å². The molecule has 1 aliphatic carbocycles. The Hall–Kier alpha value is -0.810. The van der Waals surface area contributed by atoms with Gasteiger partial charge in [-0.1, -0.05) is 28.8 Å². The van der Waals surface area contributed by atoms with E-state index >= 15 is 0 Å². The van der Waals surface area contributed by atoms with Gasteiger partial charge in [-0.25, -0.2) is 8.78 Å². The molecule has 21 heavy (non-hydrogen) atoms. The zero-order chi connectivity index (χ0) is 15.0. The largest absolute Gasteiger partial charge is 0.375 e. The fourth-order valence-electron chi connectivity index (χ4n) is 3.60. The van der Waals surface area contributed by atoms with Crippen LogP contribution in [0, 0.1) is 17.6 Å². The first-order valence-electron chi connectivity index (χ1n) is 7.33. The SMILES string of the molecule is O=C(c1c(F)cc(Br)cc1F)C1CCOC2(CCCC2)C1. The minimum absolute atomic E-state index is 0.235. The summed E-state index contributed by atoms with van der Waals surface area (Å²) in [7, 11) is 0. The number of benzene rings is 1. The molecule has 1 unspecified atom stereocenters. The maximum absolute atomic E-state index is 14.0. The number of Topliss-reactive ketones (excluding diaryl/α,β-unsaturated/α-hetero) is 1. The lowest BCUT2D eigenvalue weighted by atomic mass is 9.80. The summed E-state index contributed by atoms with van der Waals surface area (Å²) in [6.07, 6.45) is 5.21. The fraction of sp³-hybridized carbons (Fsp3) is 0.562. The van der Waals surface area contributed by atoms with Crippen LogP contribution in [0.25, 0.3) is 0 Å². The number of carbonyl (C=O) groups excluding carboxylic acids is 1. The van der Waals surface area contributed by atoms with Gasteiger partial charge >= 0.3 is 0 Å². The van der Waals surface area contributed by atoms with Gasteiger partial charge in [0.05, 0.1) is 11.2 Å². The minimum Gasteiger partial charge on any atom is -0.375 e. The van der Waals surface area contributed by atoms with Crippen LogP contribution < -0.4 is 0 Å². The van der Waals surface area contributed by atoms with Gasteiger partial charge in [0.2, 0.25) is 0 Å². The van der Waals surface area contributed by atoms with Crippen molar-refractivity contribution < 1.29 is 18.3 Å². The second-order valence-electron chi connectivity index (χ2n) is 6.04. The molecule has 0 N–H and O–H groups in total. The van der Waals surface area contributed by atoms with Crippen molar-refractivity contribution in [2.45, 2.75) is 44.1 Å². The number of carbonyl (C=O) groups is 1. The summed E-state index contributed by atoms with van der Waals surface area (Å²) in [4.78, 5) is 12.5. The van der Waals surface area contributed by atoms with Gasteiger partial charge in [-0.05, 0) is 37.8 Å². The summed E-state index contributed by atoms with van der Waals surface area (Å²) in [5.41, 5.74) is -0.640. The molecule has 0 radical (unpaired) electrons. The standard InChI is InChI=1S/C16H17BrF2O2/c17-11-7-12(18)14(13(19)8-11)15(20)10-3-6-21-16(9-10)4-1-2-5-16/h7-8,10H,1-6,9H2. The van der Waals surface area contributed by atoms with Crippen molar-refractivity contribution in [2.75, 3.05) is 6.61 Å². The van der Waals surface area contributed by atoms with Gasteiger partial charge in [0.1, 0.15) is 11.6 Å². The number of hydrogen-bond donors (Lipinski definition) is 0. The molecule has 1 saturated carbocycles. The second-order valence-corrected chi connectivity index (χ2v) is 6.95. The molecular weight excluding hydrogens is 342 g/mol. The first-order chi connectivity index (χ1) is 10.0. The zero-order valence-electron chi connectivity index (χ0n) is 11.6. The molecule has 1 atom stereocenters. The quantitative estimate of drug-likeness (QED) is 0.719. The van der Waals surface area contributed by atoms with Gasteiger partial charge in [-0.2, -0.15) is 0 Å². The predicted molar refractivity (Wildman–Crippen MR) is 78.3 cm³/mol. The minimum atomic E-state index is -0.793. The molecule has 1 heterocycles. The number of halogens is 3. The van der Waals surface area contributed by atoms with Crippen LogP contribution in [0.1, 0.15) is 48.9 Å². The molecule has 3 rings (SSSR count). The van der Waals surface area contributed by atoms with E-state index < -0.39 is 23.0 Å². The second kappa shape index (κ2) is 5.76. The lowest BCUT2D eigenvalue weighted by molar-refractivity contribution is -0.0867. The third kappa shape index (κ3) is 2.90. The maximum Gasteiger partial charge on any atom is 0.172 e. The van der Waals surface area contributed by atoms with Crippen LogP contribution in [-0.4, -0.2) is 18.0 Å². The van der Waals surface area contributed by atoms with Crippen molar-refractivity contribution >= 4 is 21.7 Å². The zero-order valence-corrected chi connectivity index (χ0v) is 13.2. The normalized spacial score (nSPS) is 24.4. The van der Waals surface area contributed by atoms with E-state index in [2.05, 4.69) is 15.9 Å². The molecule has 0 bridgehead atoms. The molecule has 1 aromatic rings. The topological polar surface area (TPSA) is 26.3 Å². The van der Waals surface area contributed by atoms with Gasteiger partial charge in [0.15, 0.2) is 5.78 Å². The van der Waals surface area contributed by atoms with Crippen LogP contribution in [0.5, 0.6) is 0 Å². The smallest absolute Gasteiger partial charge is 0.172 e. The van der Waals surface area contributed by atoms with E-state index in [0.29, 0.717) is 23.9 Å². The first-order valence-corrected chi connectivity index (χ1v) is 8.13. The first kappa shape index (κ1) is 15.1. The summed E-state index contributed by atoms with van der Waals surface area (Å²) in [6.45, 7) is 0.496. The Morgan fingerprint density at radius 1 is 1.24 bits per heavy atom. The molecule has 0 amide bonds. The van der Waals surface area contributed by atoms with Crippen LogP contribution >= 0.6 is 15.9 Å². The molecule has 2 nitrogen and oxygen atoms in total. The highest BCUT2D eigenvalue weighted by Gasteiger charge is 2.42. The van der Waals surface area contributed by atoms with Crippen molar-refractivity contribution in [2.24, 2.45) is 5.92 Å². The van der Waals surface area contributed by atoms with E-state index in [1.807, 2.05) is 0 Å². The van der Waals surface area contributed by atoms with Crippen molar-refractivity contribution in [1.82, 2.24) is 0 Å². The maximum atomic E-state index is 14.0. The Morgan fingerprint density at radius 3 is 2.48 bits per heavy atom. The molecule has 1 spiro atoms. The predicted octanol–water partition coefficient (Wildman–Crippen LogP) is 4.65. The van der Waals surface area contributed by atoms with Gasteiger partial charge in [-0.15, -0.1) is 0 Å². The number of ketones is 1. The lowest BCUT2D eigenvalue weighted by Gasteiger charge is -2.37. The summed E-state index contributed by atoms with van der Waals surface area (Å²) >= 11 is 3.03. The van der Waals surface area contributed by atoms with Crippen LogP contribution in [0.4, 0.5) is 8.78 Å². The van der Waals surface area contributed by atoms with Crippen molar-refractivity contribution in [3.63, 3.8) is 0 Å². The molecule has 1 saturated heterocycles. The molecule has 2 aliphatic rings. The van der Waals surface area contributed by atoms with E-state index in [1.54, 1.807) is 0 Å². The van der Waals surface area contributed by atoms with E-state index in [1.165, 1.54) is 0 Å². The summed E-state index contributed by atoms with van der Waals surface area (Å²) in [6, 6.07) is 2.28. The highest BCUT2D eigenvalue weighted by molar-refractivity contribution is 9.10. The number of ether oxygens (including phenoxy) is 1. The van der Waals surface area contributed by atoms with E-state index in [9.17, 15) is 13.6 Å². The van der Waals surface area contributed by atoms with Crippen molar-refractivity contribution in [1.29, 1.82) is 0 Å². The van der Waals surface area contributed by atoms with Crippen LogP contribution in [0.3, 0.4) is 0 Å². The molecule has 1 aromatic carbocycles. The monoisotopic (exact) mass is 358 g/mol. The average Bonchev–Trinajstić information content (AvgIpc) is 2.85. The molecular formula is C16H17BrF2O2.